The summed E-state index contributed by atoms with van der Waals surface area (Å²) in [5.74, 6) is 0.126. The first kappa shape index (κ1) is 20.8. The number of amides is 2. The van der Waals surface area contributed by atoms with Crippen LogP contribution < -0.4 is 10.6 Å². The zero-order chi connectivity index (χ0) is 22.1. The number of carbonyl (C=O) groups excluding carboxylic acids is 2. The van der Waals surface area contributed by atoms with Crippen LogP contribution in [0.3, 0.4) is 0 Å². The third-order valence-corrected chi connectivity index (χ3v) is 5.48. The first-order chi connectivity index (χ1) is 14.9. The Morgan fingerprint density at radius 1 is 1.13 bits per heavy atom. The molecule has 0 aliphatic carbocycles. The van der Waals surface area contributed by atoms with E-state index in [1.165, 1.54) is 0 Å². The van der Waals surface area contributed by atoms with Gasteiger partial charge in [0.2, 0.25) is 5.91 Å². The molecule has 0 spiro atoms. The summed E-state index contributed by atoms with van der Waals surface area (Å²) >= 11 is 0. The van der Waals surface area contributed by atoms with E-state index in [2.05, 4.69) is 15.7 Å². The molecule has 7 nitrogen and oxygen atoms in total. The lowest BCUT2D eigenvalue weighted by Crippen LogP contribution is -2.24. The van der Waals surface area contributed by atoms with Gasteiger partial charge >= 0.3 is 0 Å². The zero-order valence-corrected chi connectivity index (χ0v) is 18.2. The first-order valence-electron chi connectivity index (χ1n) is 10.2. The van der Waals surface area contributed by atoms with Crippen molar-refractivity contribution < 1.29 is 14.3 Å². The standard InChI is InChI=1S/C24H26N4O3/c1-14-5-8-17(9-6-14)22-19(13-31-4)27-28-20(24(30)26-23(22)28)12-21(29)25-18-10-7-15(2)11-16(18)3/h5-11,20H,12-13H2,1-4H3,(H,25,29)(H,26,30). The zero-order valence-electron chi connectivity index (χ0n) is 18.2. The van der Waals surface area contributed by atoms with Crippen LogP contribution in [-0.4, -0.2) is 28.7 Å². The molecule has 0 saturated heterocycles. The van der Waals surface area contributed by atoms with E-state index in [0.717, 1.165) is 39.2 Å². The maximum absolute atomic E-state index is 12.7. The van der Waals surface area contributed by atoms with Crippen LogP contribution >= 0.6 is 0 Å². The minimum atomic E-state index is -0.712. The largest absolute Gasteiger partial charge is 0.378 e. The lowest BCUT2D eigenvalue weighted by molar-refractivity contribution is -0.123. The van der Waals surface area contributed by atoms with E-state index < -0.39 is 6.04 Å². The molecule has 3 aromatic rings. The fourth-order valence-electron chi connectivity index (χ4n) is 3.91. The molecule has 7 heteroatoms. The Balaban J connectivity index is 1.62. The number of fused-ring (bicyclic) bond motifs is 1. The molecule has 2 N–H and O–H groups in total. The molecule has 0 radical (unpaired) electrons. The van der Waals surface area contributed by atoms with Crippen LogP contribution in [0.5, 0.6) is 0 Å². The lowest BCUT2D eigenvalue weighted by atomic mass is 10.0. The molecular formula is C24H26N4O3. The van der Waals surface area contributed by atoms with Crippen molar-refractivity contribution in [2.45, 2.75) is 39.8 Å². The van der Waals surface area contributed by atoms with Gasteiger partial charge in [-0.05, 0) is 38.0 Å². The molecular weight excluding hydrogens is 392 g/mol. The highest BCUT2D eigenvalue weighted by molar-refractivity contribution is 6.04. The molecule has 2 amide bonds. The quantitative estimate of drug-likeness (QED) is 0.630. The van der Waals surface area contributed by atoms with Crippen molar-refractivity contribution in [3.63, 3.8) is 0 Å². The van der Waals surface area contributed by atoms with Crippen molar-refractivity contribution in [3.05, 3.63) is 64.8 Å². The van der Waals surface area contributed by atoms with E-state index in [1.54, 1.807) is 11.8 Å². The van der Waals surface area contributed by atoms with Crippen LogP contribution in [0.25, 0.3) is 11.1 Å². The molecule has 4 rings (SSSR count). The molecule has 0 bridgehead atoms. The molecule has 0 saturated carbocycles. The highest BCUT2D eigenvalue weighted by Crippen LogP contribution is 2.39. The Kier molecular flexibility index (Phi) is 5.61. The normalized spacial score (nSPS) is 15.0. The highest BCUT2D eigenvalue weighted by Gasteiger charge is 2.37. The topological polar surface area (TPSA) is 85.2 Å². The van der Waals surface area contributed by atoms with Crippen molar-refractivity contribution in [2.24, 2.45) is 0 Å². The number of nitrogens with one attached hydrogen (secondary N) is 2. The number of ether oxygens (including phenoxy) is 1. The Bertz CT molecular complexity index is 1150. The maximum Gasteiger partial charge on any atom is 0.251 e. The van der Waals surface area contributed by atoms with Crippen LogP contribution in [0.4, 0.5) is 11.5 Å². The van der Waals surface area contributed by atoms with Gasteiger partial charge in [0.25, 0.3) is 5.91 Å². The van der Waals surface area contributed by atoms with Crippen LogP contribution in [-0.2, 0) is 20.9 Å². The number of hydrogen-bond donors (Lipinski definition) is 2. The van der Waals surface area contributed by atoms with Crippen LogP contribution in [0, 0.1) is 20.8 Å². The van der Waals surface area contributed by atoms with Crippen molar-refractivity contribution in [1.82, 2.24) is 9.78 Å². The molecule has 31 heavy (non-hydrogen) atoms. The number of aryl methyl sites for hydroxylation is 3. The molecule has 1 aliphatic rings. The minimum Gasteiger partial charge on any atom is -0.378 e. The van der Waals surface area contributed by atoms with Crippen LogP contribution in [0.15, 0.2) is 42.5 Å². The van der Waals surface area contributed by atoms with Gasteiger partial charge in [-0.2, -0.15) is 5.10 Å². The van der Waals surface area contributed by atoms with Crippen molar-refractivity contribution in [2.75, 3.05) is 17.7 Å². The van der Waals surface area contributed by atoms with Gasteiger partial charge in [0.1, 0.15) is 11.9 Å². The molecule has 1 unspecified atom stereocenters. The molecule has 2 aromatic carbocycles. The third-order valence-electron chi connectivity index (χ3n) is 5.48. The SMILES string of the molecule is COCc1nn2c(c1-c1ccc(C)cc1)NC(=O)C2CC(=O)Nc1ccc(C)cc1C. The number of hydrogen-bond acceptors (Lipinski definition) is 4. The van der Waals surface area contributed by atoms with E-state index in [4.69, 9.17) is 4.74 Å². The summed E-state index contributed by atoms with van der Waals surface area (Å²) in [7, 11) is 1.61. The number of carbonyl (C=O) groups is 2. The minimum absolute atomic E-state index is 0.00636. The summed E-state index contributed by atoms with van der Waals surface area (Å²) in [6.45, 7) is 6.28. The average molecular weight is 418 g/mol. The van der Waals surface area contributed by atoms with Crippen molar-refractivity contribution >= 4 is 23.3 Å². The van der Waals surface area contributed by atoms with Gasteiger partial charge in [-0.1, -0.05) is 47.5 Å². The highest BCUT2D eigenvalue weighted by atomic mass is 16.5. The fourth-order valence-corrected chi connectivity index (χ4v) is 3.91. The number of anilines is 2. The molecule has 1 aliphatic heterocycles. The Morgan fingerprint density at radius 2 is 1.84 bits per heavy atom. The summed E-state index contributed by atoms with van der Waals surface area (Å²) in [4.78, 5) is 25.4. The average Bonchev–Trinajstić information content (AvgIpc) is 3.20. The van der Waals surface area contributed by atoms with E-state index in [9.17, 15) is 9.59 Å². The number of rotatable bonds is 6. The lowest BCUT2D eigenvalue weighted by Gasteiger charge is -2.12. The summed E-state index contributed by atoms with van der Waals surface area (Å²) in [6, 6.07) is 13.1. The number of methoxy groups -OCH3 is 1. The molecule has 1 atom stereocenters. The van der Waals surface area contributed by atoms with E-state index in [-0.39, 0.29) is 18.2 Å². The Hall–Kier alpha value is -3.45. The van der Waals surface area contributed by atoms with Crippen molar-refractivity contribution in [1.29, 1.82) is 0 Å². The molecule has 2 heterocycles. The second-order valence-corrected chi connectivity index (χ2v) is 7.99. The number of nitrogens with zero attached hydrogens (tertiary/aromatic N) is 2. The fraction of sp³-hybridized carbons (Fsp3) is 0.292. The first-order valence-corrected chi connectivity index (χ1v) is 10.2. The van der Waals surface area contributed by atoms with Crippen molar-refractivity contribution in [3.8, 4) is 11.1 Å². The van der Waals surface area contributed by atoms with Crippen LogP contribution in [0.2, 0.25) is 0 Å². The number of benzene rings is 2. The van der Waals surface area contributed by atoms with Crippen LogP contribution in [0.1, 0.15) is 34.8 Å². The Labute approximate surface area is 181 Å². The van der Waals surface area contributed by atoms with Gasteiger partial charge in [-0.25, -0.2) is 4.68 Å². The summed E-state index contributed by atoms with van der Waals surface area (Å²) in [5.41, 5.74) is 6.49. The van der Waals surface area contributed by atoms with Gasteiger partial charge < -0.3 is 15.4 Å². The predicted molar refractivity (Wildman–Crippen MR) is 120 cm³/mol. The Morgan fingerprint density at radius 3 is 2.52 bits per heavy atom. The van der Waals surface area contributed by atoms with Gasteiger partial charge in [0, 0.05) is 18.4 Å². The second-order valence-electron chi connectivity index (χ2n) is 7.99. The predicted octanol–water partition coefficient (Wildman–Crippen LogP) is 4.14. The summed E-state index contributed by atoms with van der Waals surface area (Å²) in [5, 5.41) is 10.5. The summed E-state index contributed by atoms with van der Waals surface area (Å²) < 4.78 is 6.95. The van der Waals surface area contributed by atoms with E-state index in [1.807, 2.05) is 63.2 Å². The third kappa shape index (κ3) is 4.09. The van der Waals surface area contributed by atoms with Gasteiger partial charge in [0.15, 0.2) is 0 Å². The van der Waals surface area contributed by atoms with E-state index >= 15 is 0 Å². The number of aromatic nitrogens is 2. The molecule has 160 valence electrons. The molecule has 0 fully saturated rings. The van der Waals surface area contributed by atoms with Gasteiger partial charge in [-0.15, -0.1) is 0 Å². The van der Waals surface area contributed by atoms with Gasteiger partial charge in [-0.3, -0.25) is 9.59 Å². The maximum atomic E-state index is 12.7. The molecule has 1 aromatic heterocycles. The van der Waals surface area contributed by atoms with Gasteiger partial charge in [0.05, 0.1) is 18.7 Å². The summed E-state index contributed by atoms with van der Waals surface area (Å²) in [6.07, 6.45) is -0.00636. The second kappa shape index (κ2) is 8.35. The monoisotopic (exact) mass is 418 g/mol. The smallest absolute Gasteiger partial charge is 0.251 e. The van der Waals surface area contributed by atoms with E-state index in [0.29, 0.717) is 12.4 Å².